The lowest BCUT2D eigenvalue weighted by atomic mass is 10.0. The van der Waals surface area contributed by atoms with Gasteiger partial charge in [-0.15, -0.1) is 0 Å². The first-order valence-electron chi connectivity index (χ1n) is 7.42. The first-order chi connectivity index (χ1) is 11.8. The Morgan fingerprint density at radius 1 is 0.667 bits per heavy atom. The molecular weight excluding hydrogens is 314 g/mol. The van der Waals surface area contributed by atoms with E-state index < -0.39 is 0 Å². The molecule has 1 aliphatic rings. The monoisotopic (exact) mass is 325 g/mol. The van der Waals surface area contributed by atoms with Gasteiger partial charge in [-0.3, -0.25) is 0 Å². The Morgan fingerprint density at radius 3 is 1.67 bits per heavy atom. The zero-order chi connectivity index (χ0) is 16.5. The van der Waals surface area contributed by atoms with Crippen molar-refractivity contribution in [2.45, 2.75) is 9.79 Å². The third-order valence-corrected chi connectivity index (χ3v) is 5.06. The third-order valence-electron chi connectivity index (χ3n) is 3.93. The highest BCUT2D eigenvalue weighted by Crippen LogP contribution is 2.52. The van der Waals surface area contributed by atoms with Crippen molar-refractivity contribution in [3.05, 3.63) is 77.9 Å². The minimum Gasteiger partial charge on any atom is -0.306 e. The van der Waals surface area contributed by atoms with Crippen molar-refractivity contribution in [1.82, 2.24) is 0 Å². The number of fused-ring (bicyclic) bond motifs is 2. The number of hydrogen-bond acceptors (Lipinski definition) is 4. The number of para-hydroxylation sites is 3. The van der Waals surface area contributed by atoms with Crippen molar-refractivity contribution in [2.24, 2.45) is 0 Å². The van der Waals surface area contributed by atoms with Gasteiger partial charge in [0.05, 0.1) is 28.2 Å². The van der Waals surface area contributed by atoms with Gasteiger partial charge in [-0.25, -0.2) is 0 Å². The molecule has 0 bridgehead atoms. The number of rotatable bonds is 1. The van der Waals surface area contributed by atoms with Gasteiger partial charge < -0.3 is 4.90 Å². The summed E-state index contributed by atoms with van der Waals surface area (Å²) in [5, 5.41) is 19.1. The fraction of sp³-hybridized carbons (Fsp3) is 0. The second-order valence-electron chi connectivity index (χ2n) is 5.30. The van der Waals surface area contributed by atoms with Gasteiger partial charge in [-0.1, -0.05) is 42.1 Å². The molecule has 0 atom stereocenters. The molecule has 0 radical (unpaired) electrons. The smallest absolute Gasteiger partial charge is 0.101 e. The second kappa shape index (κ2) is 5.77. The van der Waals surface area contributed by atoms with E-state index in [1.807, 2.05) is 41.3 Å². The second-order valence-corrected chi connectivity index (χ2v) is 6.38. The van der Waals surface area contributed by atoms with Crippen LogP contribution in [0.25, 0.3) is 0 Å². The van der Waals surface area contributed by atoms with E-state index in [-0.39, 0.29) is 0 Å². The molecular formula is C20H11N3S. The molecule has 3 nitrogen and oxygen atoms in total. The summed E-state index contributed by atoms with van der Waals surface area (Å²) in [6, 6.07) is 25.8. The first-order valence-corrected chi connectivity index (χ1v) is 8.24. The van der Waals surface area contributed by atoms with Crippen LogP contribution in [0.5, 0.6) is 0 Å². The van der Waals surface area contributed by atoms with Crippen LogP contribution in [0.4, 0.5) is 17.1 Å². The molecule has 0 N–H and O–H groups in total. The predicted molar refractivity (Wildman–Crippen MR) is 94.7 cm³/mol. The van der Waals surface area contributed by atoms with Gasteiger partial charge >= 0.3 is 0 Å². The molecule has 3 aromatic rings. The Kier molecular flexibility index (Phi) is 3.46. The van der Waals surface area contributed by atoms with Crippen LogP contribution in [0.3, 0.4) is 0 Å². The van der Waals surface area contributed by atoms with Gasteiger partial charge in [0.2, 0.25) is 0 Å². The lowest BCUT2D eigenvalue weighted by Gasteiger charge is -2.33. The molecule has 4 rings (SSSR count). The highest BCUT2D eigenvalue weighted by atomic mass is 32.2. The molecule has 0 saturated heterocycles. The Balaban J connectivity index is 2.08. The quantitative estimate of drug-likeness (QED) is 0.472. The zero-order valence-electron chi connectivity index (χ0n) is 12.6. The molecule has 0 unspecified atom stereocenters. The van der Waals surface area contributed by atoms with Crippen LogP contribution < -0.4 is 4.90 Å². The summed E-state index contributed by atoms with van der Waals surface area (Å²) < 4.78 is 0. The van der Waals surface area contributed by atoms with E-state index in [2.05, 4.69) is 24.3 Å². The number of anilines is 3. The fourth-order valence-corrected chi connectivity index (χ4v) is 3.97. The summed E-state index contributed by atoms with van der Waals surface area (Å²) in [5.41, 5.74) is 3.60. The van der Waals surface area contributed by atoms with Gasteiger partial charge in [-0.2, -0.15) is 10.5 Å². The third kappa shape index (κ3) is 2.13. The molecule has 0 saturated carbocycles. The molecule has 1 aliphatic heterocycles. The minimum atomic E-state index is 0.491. The van der Waals surface area contributed by atoms with Gasteiger partial charge in [0, 0.05) is 9.79 Å². The number of nitriles is 2. The molecule has 0 aliphatic carbocycles. The minimum absolute atomic E-state index is 0.491. The van der Waals surface area contributed by atoms with Crippen LogP contribution in [-0.2, 0) is 0 Å². The molecule has 0 fully saturated rings. The van der Waals surface area contributed by atoms with E-state index in [1.54, 1.807) is 30.0 Å². The molecule has 24 heavy (non-hydrogen) atoms. The van der Waals surface area contributed by atoms with Crippen LogP contribution in [0.15, 0.2) is 76.5 Å². The average molecular weight is 325 g/mol. The molecule has 0 amide bonds. The van der Waals surface area contributed by atoms with Gasteiger partial charge in [0.1, 0.15) is 12.1 Å². The van der Waals surface area contributed by atoms with Crippen molar-refractivity contribution >= 4 is 28.8 Å². The van der Waals surface area contributed by atoms with E-state index in [1.165, 1.54) is 0 Å². The maximum Gasteiger partial charge on any atom is 0.101 e. The van der Waals surface area contributed by atoms with Crippen LogP contribution >= 0.6 is 11.8 Å². The van der Waals surface area contributed by atoms with Crippen LogP contribution in [-0.4, -0.2) is 0 Å². The Labute approximate surface area is 144 Å². The maximum absolute atomic E-state index is 9.57. The summed E-state index contributed by atoms with van der Waals surface area (Å²) in [7, 11) is 0. The van der Waals surface area contributed by atoms with E-state index in [0.29, 0.717) is 16.8 Å². The van der Waals surface area contributed by atoms with Gasteiger partial charge in [-0.05, 0) is 36.4 Å². The van der Waals surface area contributed by atoms with E-state index >= 15 is 0 Å². The SMILES string of the molecule is N#Cc1cccc(C#N)c1N1c2ccccc2Sc2ccccc21. The summed E-state index contributed by atoms with van der Waals surface area (Å²) in [4.78, 5) is 4.24. The number of benzene rings is 3. The lowest BCUT2D eigenvalue weighted by molar-refractivity contribution is 1.15. The lowest BCUT2D eigenvalue weighted by Crippen LogP contribution is -2.17. The summed E-state index contributed by atoms with van der Waals surface area (Å²) >= 11 is 1.70. The largest absolute Gasteiger partial charge is 0.306 e. The fourth-order valence-electron chi connectivity index (χ4n) is 2.91. The highest BCUT2D eigenvalue weighted by Gasteiger charge is 2.27. The van der Waals surface area contributed by atoms with Crippen molar-refractivity contribution < 1.29 is 0 Å². The maximum atomic E-state index is 9.57. The Bertz CT molecular complexity index is 950. The topological polar surface area (TPSA) is 50.8 Å². The number of hydrogen-bond donors (Lipinski definition) is 0. The van der Waals surface area contributed by atoms with Crippen LogP contribution in [0.1, 0.15) is 11.1 Å². The molecule has 0 aromatic heterocycles. The van der Waals surface area contributed by atoms with E-state index in [0.717, 1.165) is 21.2 Å². The first kappa shape index (κ1) is 14.4. The molecule has 0 spiro atoms. The zero-order valence-corrected chi connectivity index (χ0v) is 13.4. The summed E-state index contributed by atoms with van der Waals surface area (Å²) in [6.45, 7) is 0. The molecule has 1 heterocycles. The van der Waals surface area contributed by atoms with Crippen LogP contribution in [0.2, 0.25) is 0 Å². The molecule has 3 aromatic carbocycles. The summed E-state index contributed by atoms with van der Waals surface area (Å²) in [6.07, 6.45) is 0. The van der Waals surface area contributed by atoms with Crippen molar-refractivity contribution in [3.8, 4) is 12.1 Å². The highest BCUT2D eigenvalue weighted by molar-refractivity contribution is 7.99. The number of nitrogens with zero attached hydrogens (tertiary/aromatic N) is 3. The van der Waals surface area contributed by atoms with Crippen molar-refractivity contribution in [2.75, 3.05) is 4.90 Å². The average Bonchev–Trinajstić information content (AvgIpc) is 2.65. The van der Waals surface area contributed by atoms with Gasteiger partial charge in [0.15, 0.2) is 0 Å². The van der Waals surface area contributed by atoms with E-state index in [9.17, 15) is 10.5 Å². The Morgan fingerprint density at radius 2 is 1.17 bits per heavy atom. The molecule has 112 valence electrons. The molecule has 4 heteroatoms. The van der Waals surface area contributed by atoms with Crippen molar-refractivity contribution in [1.29, 1.82) is 10.5 Å². The Hall–Kier alpha value is -3.21. The summed E-state index contributed by atoms with van der Waals surface area (Å²) in [5.74, 6) is 0. The van der Waals surface area contributed by atoms with Gasteiger partial charge in [0.25, 0.3) is 0 Å². The standard InChI is InChI=1S/C20H11N3S/c21-12-14-6-5-7-15(13-22)20(14)23-16-8-1-3-10-18(16)24-19-11-4-2-9-17(19)23/h1-11H. The normalized spacial score (nSPS) is 11.8. The predicted octanol–water partition coefficient (Wildman–Crippen LogP) is 5.36. The van der Waals surface area contributed by atoms with Crippen LogP contribution in [0, 0.1) is 22.7 Å². The van der Waals surface area contributed by atoms with Crippen molar-refractivity contribution in [3.63, 3.8) is 0 Å². The van der Waals surface area contributed by atoms with E-state index in [4.69, 9.17) is 0 Å².